The summed E-state index contributed by atoms with van der Waals surface area (Å²) in [6, 6.07) is 10.0. The Balaban J connectivity index is 1.45. The molecule has 3 heterocycles. The predicted octanol–water partition coefficient (Wildman–Crippen LogP) is 4.69. The summed E-state index contributed by atoms with van der Waals surface area (Å²) in [6.07, 6.45) is 9.23. The van der Waals surface area contributed by atoms with Crippen molar-refractivity contribution in [2.24, 2.45) is 17.8 Å². The van der Waals surface area contributed by atoms with Crippen LogP contribution in [0.3, 0.4) is 0 Å². The molecule has 3 fully saturated rings. The second-order valence-electron chi connectivity index (χ2n) is 9.52. The Morgan fingerprint density at radius 3 is 2.62 bits per heavy atom. The molecule has 8 nitrogen and oxygen atoms in total. The van der Waals surface area contributed by atoms with Crippen LogP contribution in [0.5, 0.6) is 0 Å². The van der Waals surface area contributed by atoms with Crippen LogP contribution in [0.1, 0.15) is 31.2 Å². The highest BCUT2D eigenvalue weighted by Gasteiger charge is 2.47. The highest BCUT2D eigenvalue weighted by Crippen LogP contribution is 2.46. The minimum absolute atomic E-state index is 0.134. The zero-order valence-corrected chi connectivity index (χ0v) is 18.9. The maximum absolute atomic E-state index is 12.2. The molecule has 4 aromatic rings. The van der Waals surface area contributed by atoms with Gasteiger partial charge in [-0.1, -0.05) is 29.8 Å². The van der Waals surface area contributed by atoms with Gasteiger partial charge in [-0.05, 0) is 44.4 Å². The third-order valence-electron chi connectivity index (χ3n) is 7.49. The Morgan fingerprint density at radius 1 is 1.09 bits per heavy atom. The first-order valence-electron chi connectivity index (χ1n) is 11.8. The van der Waals surface area contributed by atoms with Crippen LogP contribution in [0.25, 0.3) is 33.7 Å². The Morgan fingerprint density at radius 2 is 1.85 bits per heavy atom. The molecule has 3 aliphatic carbocycles. The van der Waals surface area contributed by atoms with Gasteiger partial charge in [0.1, 0.15) is 17.8 Å². The fraction of sp³-hybridized carbons (Fsp3) is 0.346. The summed E-state index contributed by atoms with van der Waals surface area (Å²) in [5, 5.41) is 14.4. The van der Waals surface area contributed by atoms with Crippen molar-refractivity contribution in [1.82, 2.24) is 24.9 Å². The number of aryl methyl sites for hydroxylation is 1. The van der Waals surface area contributed by atoms with Gasteiger partial charge in [0.2, 0.25) is 0 Å². The Hall–Kier alpha value is -3.81. The Bertz CT molecular complexity index is 1360. The number of nitrogens with zero attached hydrogens (tertiary/aromatic N) is 4. The second-order valence-corrected chi connectivity index (χ2v) is 9.52. The number of carbonyl (C=O) groups is 1. The van der Waals surface area contributed by atoms with Crippen LogP contribution in [0, 0.1) is 24.7 Å². The van der Waals surface area contributed by atoms with Crippen molar-refractivity contribution in [3.63, 3.8) is 0 Å². The number of anilines is 1. The number of carboxylic acid groups (broad SMARTS) is 1. The number of aromatic nitrogens is 5. The maximum atomic E-state index is 12.2. The van der Waals surface area contributed by atoms with E-state index in [1.165, 1.54) is 11.9 Å². The van der Waals surface area contributed by atoms with Crippen LogP contribution in [0.2, 0.25) is 0 Å². The zero-order valence-electron chi connectivity index (χ0n) is 18.9. The van der Waals surface area contributed by atoms with Crippen molar-refractivity contribution in [2.75, 3.05) is 5.32 Å². The molecule has 1 aromatic carbocycles. The average molecular weight is 455 g/mol. The molecule has 3 aromatic heterocycles. The lowest BCUT2D eigenvalue weighted by Gasteiger charge is -2.47. The van der Waals surface area contributed by atoms with E-state index in [1.54, 1.807) is 6.20 Å². The molecule has 2 atom stereocenters. The Kier molecular flexibility index (Phi) is 5.01. The smallest absolute Gasteiger partial charge is 0.308 e. The average Bonchev–Trinajstić information content (AvgIpc) is 3.29. The van der Waals surface area contributed by atoms with Gasteiger partial charge in [0.15, 0.2) is 5.82 Å². The van der Waals surface area contributed by atoms with Crippen molar-refractivity contribution >= 4 is 22.8 Å². The van der Waals surface area contributed by atoms with E-state index >= 15 is 0 Å². The molecule has 0 saturated heterocycles. The molecule has 0 amide bonds. The Labute approximate surface area is 196 Å². The van der Waals surface area contributed by atoms with E-state index in [0.717, 1.165) is 53.5 Å². The molecule has 8 heteroatoms. The fourth-order valence-corrected chi connectivity index (χ4v) is 5.74. The molecule has 3 N–H and O–H groups in total. The number of aromatic amines is 1. The monoisotopic (exact) mass is 454 g/mol. The molecule has 3 aliphatic rings. The largest absolute Gasteiger partial charge is 0.481 e. The number of nitrogens with one attached hydrogen (secondary N) is 2. The number of aliphatic carboxylic acids is 1. The van der Waals surface area contributed by atoms with Gasteiger partial charge >= 0.3 is 5.97 Å². The summed E-state index contributed by atoms with van der Waals surface area (Å²) < 4.78 is 0. The van der Waals surface area contributed by atoms with Gasteiger partial charge in [0.05, 0.1) is 11.6 Å². The lowest BCUT2D eigenvalue weighted by molar-refractivity contribution is -0.148. The zero-order chi connectivity index (χ0) is 23.2. The van der Waals surface area contributed by atoms with Gasteiger partial charge in [0.25, 0.3) is 0 Å². The third-order valence-corrected chi connectivity index (χ3v) is 7.49. The number of hydrogen-bond donors (Lipinski definition) is 3. The summed E-state index contributed by atoms with van der Waals surface area (Å²) in [6.45, 7) is 2.05. The molecule has 0 spiro atoms. The van der Waals surface area contributed by atoms with Crippen LogP contribution < -0.4 is 5.32 Å². The van der Waals surface area contributed by atoms with Gasteiger partial charge in [-0.15, -0.1) is 0 Å². The summed E-state index contributed by atoms with van der Waals surface area (Å²) >= 11 is 0. The van der Waals surface area contributed by atoms with Crippen molar-refractivity contribution in [2.45, 2.75) is 38.6 Å². The standard InChI is InChI=1S/C26H26N6O2/c1-14-2-4-15(5-3-14)20-10-21(31-23-17-8-6-16(7-9-17)22(23)26(33)34)32-25(30-20)19-12-28-24-18(19)11-27-13-29-24/h2-5,10-13,16-17,22-23H,6-9H2,1H3,(H,33,34)(H,27,28,29)(H,30,31,32). The van der Waals surface area contributed by atoms with E-state index in [-0.39, 0.29) is 12.0 Å². The maximum Gasteiger partial charge on any atom is 0.308 e. The van der Waals surface area contributed by atoms with E-state index in [9.17, 15) is 9.90 Å². The lowest BCUT2D eigenvalue weighted by Crippen LogP contribution is -2.51. The summed E-state index contributed by atoms with van der Waals surface area (Å²) in [7, 11) is 0. The minimum Gasteiger partial charge on any atom is -0.481 e. The van der Waals surface area contributed by atoms with Crippen molar-refractivity contribution < 1.29 is 9.90 Å². The highest BCUT2D eigenvalue weighted by atomic mass is 16.4. The van der Waals surface area contributed by atoms with Crippen molar-refractivity contribution in [3.05, 3.63) is 54.6 Å². The number of benzene rings is 1. The summed E-state index contributed by atoms with van der Waals surface area (Å²) in [4.78, 5) is 33.5. The van der Waals surface area contributed by atoms with E-state index in [2.05, 4.69) is 39.3 Å². The molecule has 172 valence electrons. The third kappa shape index (κ3) is 3.59. The van der Waals surface area contributed by atoms with Gasteiger partial charge < -0.3 is 15.4 Å². The first-order valence-corrected chi connectivity index (χ1v) is 11.8. The van der Waals surface area contributed by atoms with Gasteiger partial charge in [-0.2, -0.15) is 0 Å². The van der Waals surface area contributed by atoms with Crippen LogP contribution in [0.15, 0.2) is 49.1 Å². The summed E-state index contributed by atoms with van der Waals surface area (Å²) in [5.41, 5.74) is 4.47. The molecule has 2 bridgehead atoms. The number of hydrogen-bond acceptors (Lipinski definition) is 6. The van der Waals surface area contributed by atoms with Gasteiger partial charge in [0, 0.05) is 41.0 Å². The number of fused-ring (bicyclic) bond motifs is 4. The minimum atomic E-state index is -0.714. The van der Waals surface area contributed by atoms with Crippen molar-refractivity contribution in [1.29, 1.82) is 0 Å². The summed E-state index contributed by atoms with van der Waals surface area (Å²) in [5.74, 6) is 0.659. The number of H-pyrrole nitrogens is 1. The lowest BCUT2D eigenvalue weighted by atomic mass is 9.61. The molecule has 7 rings (SSSR count). The molecular weight excluding hydrogens is 428 g/mol. The fourth-order valence-electron chi connectivity index (χ4n) is 5.74. The number of carboxylic acids is 1. The van der Waals surface area contributed by atoms with Crippen LogP contribution in [-0.2, 0) is 4.79 Å². The second kappa shape index (κ2) is 8.20. The molecule has 0 aliphatic heterocycles. The normalized spacial score (nSPS) is 23.8. The first-order chi connectivity index (χ1) is 16.6. The molecule has 2 unspecified atom stereocenters. The quantitative estimate of drug-likeness (QED) is 0.400. The van der Waals surface area contributed by atoms with Crippen LogP contribution >= 0.6 is 0 Å². The van der Waals surface area contributed by atoms with E-state index in [1.807, 2.05) is 24.4 Å². The number of rotatable bonds is 5. The topological polar surface area (TPSA) is 117 Å². The van der Waals surface area contributed by atoms with Gasteiger partial charge in [-0.3, -0.25) is 4.79 Å². The molecule has 0 radical (unpaired) electrons. The highest BCUT2D eigenvalue weighted by molar-refractivity contribution is 5.91. The van der Waals surface area contributed by atoms with Crippen molar-refractivity contribution in [3.8, 4) is 22.6 Å². The van der Waals surface area contributed by atoms with E-state index in [0.29, 0.717) is 17.6 Å². The molecular formula is C26H26N6O2. The van der Waals surface area contributed by atoms with E-state index in [4.69, 9.17) is 9.97 Å². The molecule has 34 heavy (non-hydrogen) atoms. The predicted molar refractivity (Wildman–Crippen MR) is 129 cm³/mol. The van der Waals surface area contributed by atoms with Crippen LogP contribution in [-0.4, -0.2) is 42.0 Å². The van der Waals surface area contributed by atoms with Gasteiger partial charge in [-0.25, -0.2) is 19.9 Å². The van der Waals surface area contributed by atoms with Crippen LogP contribution in [0.4, 0.5) is 5.82 Å². The molecule has 3 saturated carbocycles. The SMILES string of the molecule is Cc1ccc(-c2cc(NC3C4CCC(CC4)C3C(=O)O)nc(-c3c[nH]c4ncncc34)n2)cc1. The van der Waals surface area contributed by atoms with E-state index < -0.39 is 11.9 Å². The first kappa shape index (κ1) is 20.8.